The molecule has 2 rings (SSSR count). The fourth-order valence-corrected chi connectivity index (χ4v) is 2.30. The number of benzene rings is 1. The van der Waals surface area contributed by atoms with Gasteiger partial charge in [0, 0.05) is 0 Å². The van der Waals surface area contributed by atoms with Crippen molar-refractivity contribution in [3.63, 3.8) is 0 Å². The number of hydrogen-bond acceptors (Lipinski definition) is 3. The molecule has 96 valence electrons. The number of hydrogen-bond donors (Lipinski definition) is 0. The van der Waals surface area contributed by atoms with E-state index in [1.54, 1.807) is 4.94 Å². The third-order valence-electron chi connectivity index (χ3n) is 2.89. The third kappa shape index (κ3) is 3.40. The van der Waals surface area contributed by atoms with Crippen molar-refractivity contribution in [2.24, 2.45) is 0 Å². The van der Waals surface area contributed by atoms with Crippen LogP contribution in [-0.4, -0.2) is 49.7 Å². The zero-order valence-corrected chi connectivity index (χ0v) is 11.6. The normalized spacial score (nSPS) is 18.4. The van der Waals surface area contributed by atoms with Gasteiger partial charge >= 0.3 is 117 Å². The van der Waals surface area contributed by atoms with Crippen LogP contribution in [-0.2, 0) is 16.0 Å². The SMILES string of the molecule is [CH2]=[Al]/[CH]=C/C(=O)N1C(=O)OC[C@@H]1Cc1ccccc1. The van der Waals surface area contributed by atoms with E-state index in [-0.39, 0.29) is 33.3 Å². The van der Waals surface area contributed by atoms with E-state index >= 15 is 0 Å². The van der Waals surface area contributed by atoms with Gasteiger partial charge in [-0.3, -0.25) is 0 Å². The van der Waals surface area contributed by atoms with Gasteiger partial charge in [-0.2, -0.15) is 0 Å². The van der Waals surface area contributed by atoms with Crippen LogP contribution in [0.3, 0.4) is 0 Å². The summed E-state index contributed by atoms with van der Waals surface area (Å²) in [4.78, 5) is 26.5. The Hall–Kier alpha value is -1.70. The molecule has 2 amide bonds. The summed E-state index contributed by atoms with van der Waals surface area (Å²) >= 11 is -0.141. The molecule has 0 unspecified atom stereocenters. The van der Waals surface area contributed by atoms with Crippen molar-refractivity contribution in [1.29, 1.82) is 0 Å². The van der Waals surface area contributed by atoms with Crippen LogP contribution >= 0.6 is 0 Å². The van der Waals surface area contributed by atoms with Crippen molar-refractivity contribution in [3.8, 4) is 0 Å². The molecule has 5 heteroatoms. The molecular formula is C14H14AlNO3. The van der Waals surface area contributed by atoms with E-state index < -0.39 is 6.09 Å². The molecular weight excluding hydrogens is 257 g/mol. The first-order chi connectivity index (χ1) is 9.22. The monoisotopic (exact) mass is 271 g/mol. The van der Waals surface area contributed by atoms with Crippen LogP contribution < -0.4 is 0 Å². The van der Waals surface area contributed by atoms with Crippen LogP contribution in [0.4, 0.5) is 4.79 Å². The summed E-state index contributed by atoms with van der Waals surface area (Å²) in [5.74, 6) is -0.320. The minimum absolute atomic E-state index is 0.141. The van der Waals surface area contributed by atoms with Gasteiger partial charge in [0.15, 0.2) is 0 Å². The molecule has 1 saturated heterocycles. The molecule has 0 aliphatic carbocycles. The summed E-state index contributed by atoms with van der Waals surface area (Å²) in [7, 11) is 0. The summed E-state index contributed by atoms with van der Waals surface area (Å²) in [6, 6.07) is 9.52. The van der Waals surface area contributed by atoms with E-state index in [4.69, 9.17) is 4.74 Å². The van der Waals surface area contributed by atoms with Gasteiger partial charge in [0.1, 0.15) is 0 Å². The molecule has 1 heterocycles. The molecule has 4 nitrogen and oxygen atoms in total. The van der Waals surface area contributed by atoms with Gasteiger partial charge in [-0.1, -0.05) is 0 Å². The molecule has 1 aromatic carbocycles. The molecule has 1 atom stereocenters. The summed E-state index contributed by atoms with van der Waals surface area (Å²) in [5.41, 5.74) is 1.08. The molecule has 0 radical (unpaired) electrons. The Kier molecular flexibility index (Phi) is 4.67. The third-order valence-corrected chi connectivity index (χ3v) is 3.35. The van der Waals surface area contributed by atoms with Crippen molar-refractivity contribution < 1.29 is 14.3 Å². The second-order valence-electron chi connectivity index (χ2n) is 4.22. The Morgan fingerprint density at radius 1 is 1.47 bits per heavy atom. The van der Waals surface area contributed by atoms with E-state index in [1.807, 2.05) is 30.3 Å². The standard InChI is InChI=1S/C13H12NO3.CH2.Al/c1-2-12(15)14-11(9-17-13(14)16)8-10-6-4-3-5-7-10;;/h1-7,11H,8-9H2;1H2;/t11-;;/m0../s1. The molecule has 1 aliphatic rings. The number of nitrogens with zero attached hydrogens (tertiary/aromatic N) is 1. The van der Waals surface area contributed by atoms with Crippen LogP contribution in [0.5, 0.6) is 0 Å². The molecule has 1 aliphatic heterocycles. The number of rotatable bonds is 4. The van der Waals surface area contributed by atoms with E-state index in [9.17, 15) is 9.59 Å². The van der Waals surface area contributed by atoms with Gasteiger partial charge in [-0.25, -0.2) is 0 Å². The molecule has 19 heavy (non-hydrogen) atoms. The van der Waals surface area contributed by atoms with E-state index in [1.165, 1.54) is 11.0 Å². The van der Waals surface area contributed by atoms with E-state index in [0.717, 1.165) is 5.56 Å². The maximum absolute atomic E-state index is 11.9. The minimum atomic E-state index is -0.561. The second kappa shape index (κ2) is 6.46. The number of carbonyl (C=O) groups is 2. The van der Waals surface area contributed by atoms with Crippen molar-refractivity contribution in [2.45, 2.75) is 12.5 Å². The first kappa shape index (κ1) is 13.7. The molecule has 0 bridgehead atoms. The predicted octanol–water partition coefficient (Wildman–Crippen LogP) is 1.23. The summed E-state index contributed by atoms with van der Waals surface area (Å²) in [6.45, 7) is 0.255. The van der Waals surface area contributed by atoms with E-state index in [2.05, 4.69) is 5.39 Å². The van der Waals surface area contributed by atoms with Crippen LogP contribution in [0.15, 0.2) is 41.3 Å². The van der Waals surface area contributed by atoms with Gasteiger partial charge in [0.2, 0.25) is 0 Å². The number of amides is 2. The number of cyclic esters (lactones) is 1. The molecule has 0 spiro atoms. The zero-order valence-electron chi connectivity index (χ0n) is 10.5. The molecule has 0 aromatic heterocycles. The van der Waals surface area contributed by atoms with Gasteiger partial charge in [0.05, 0.1) is 0 Å². The zero-order chi connectivity index (χ0) is 13.7. The molecule has 0 N–H and O–H groups in total. The maximum atomic E-state index is 11.9. The Morgan fingerprint density at radius 2 is 2.21 bits per heavy atom. The first-order valence-corrected chi connectivity index (χ1v) is 7.53. The summed E-state index contributed by atoms with van der Waals surface area (Å²) < 4.78 is 4.97. The number of carbonyl (C=O) groups excluding carboxylic acids is 2. The Bertz CT molecular complexity index is 513. The second-order valence-corrected chi connectivity index (χ2v) is 5.08. The van der Waals surface area contributed by atoms with Gasteiger partial charge in [-0.15, -0.1) is 0 Å². The quantitative estimate of drug-likeness (QED) is 0.611. The summed E-state index contributed by atoms with van der Waals surface area (Å²) in [6.07, 6.45) is 1.46. The van der Waals surface area contributed by atoms with Gasteiger partial charge in [-0.05, 0) is 0 Å². The van der Waals surface area contributed by atoms with Crippen LogP contribution in [0.1, 0.15) is 5.56 Å². The van der Waals surface area contributed by atoms with Crippen LogP contribution in [0.25, 0.3) is 0 Å². The number of ether oxygens (including phenoxy) is 1. The predicted molar refractivity (Wildman–Crippen MR) is 74.1 cm³/mol. The average Bonchev–Trinajstić information content (AvgIpc) is 2.78. The van der Waals surface area contributed by atoms with Crippen molar-refractivity contribution in [1.82, 2.24) is 4.90 Å². The van der Waals surface area contributed by atoms with Crippen molar-refractivity contribution in [2.75, 3.05) is 6.61 Å². The Morgan fingerprint density at radius 3 is 2.89 bits per heavy atom. The van der Waals surface area contributed by atoms with Gasteiger partial charge < -0.3 is 0 Å². The van der Waals surface area contributed by atoms with Gasteiger partial charge in [0.25, 0.3) is 0 Å². The molecule has 1 aromatic rings. The number of imide groups is 1. The van der Waals surface area contributed by atoms with Crippen molar-refractivity contribution >= 4 is 32.2 Å². The average molecular weight is 271 g/mol. The summed E-state index contributed by atoms with van der Waals surface area (Å²) in [5, 5.41) is 3.70. The van der Waals surface area contributed by atoms with E-state index in [0.29, 0.717) is 6.42 Å². The topological polar surface area (TPSA) is 46.6 Å². The Balaban J connectivity index is 2.11. The Labute approximate surface area is 117 Å². The van der Waals surface area contributed by atoms with Crippen molar-refractivity contribution in [3.05, 3.63) is 46.9 Å². The molecule has 1 fully saturated rings. The molecule has 0 saturated carbocycles. The fourth-order valence-electron chi connectivity index (χ4n) is 2.00. The fraction of sp³-hybridized carbons (Fsp3) is 0.214. The van der Waals surface area contributed by atoms with Crippen LogP contribution in [0.2, 0.25) is 0 Å². The van der Waals surface area contributed by atoms with Crippen LogP contribution in [0, 0.1) is 0 Å². The first-order valence-electron chi connectivity index (χ1n) is 6.05.